The number of aliphatic hydroxyl groups is 2. The number of carbonyl (C=O) groups is 6. The fraction of sp³-hybridized carbons (Fsp3) is 0.554. The maximum Gasteiger partial charge on any atom is 0.425 e. The number of para-hydroxylation sites is 1. The molecule has 17 nitrogen and oxygen atoms in total. The summed E-state index contributed by atoms with van der Waals surface area (Å²) in [5.41, 5.74) is 4.91. The lowest BCUT2D eigenvalue weighted by molar-refractivity contribution is -0.295. The number of halogens is 1. The van der Waals surface area contributed by atoms with Crippen LogP contribution >= 0.6 is 11.6 Å². The Bertz CT molecular complexity index is 3050. The second-order valence-corrected chi connectivity index (χ2v) is 24.6. The summed E-state index contributed by atoms with van der Waals surface area (Å²) in [4.78, 5) is 88.2. The summed E-state index contributed by atoms with van der Waals surface area (Å²) in [6.07, 6.45) is 2.35. The van der Waals surface area contributed by atoms with E-state index in [4.69, 9.17) is 35.3 Å². The number of hydrazine groups is 1. The van der Waals surface area contributed by atoms with Gasteiger partial charge in [0.25, 0.3) is 0 Å². The molecule has 0 bridgehead atoms. The number of Topliss-reactive ketones (excluding diaryl/α,β-unsaturated/α-hetero) is 4. The first-order valence-corrected chi connectivity index (χ1v) is 29.8. The summed E-state index contributed by atoms with van der Waals surface area (Å²) >= 11 is 5.96. The molecule has 3 aromatic carbocycles. The normalized spacial score (nSPS) is 32.8. The van der Waals surface area contributed by atoms with Crippen molar-refractivity contribution in [3.63, 3.8) is 0 Å². The van der Waals surface area contributed by atoms with E-state index < -0.39 is 94.9 Å². The van der Waals surface area contributed by atoms with Gasteiger partial charge in [-0.25, -0.2) is 15.2 Å². The van der Waals surface area contributed by atoms with Crippen molar-refractivity contribution in [3.05, 3.63) is 118 Å². The molecule has 2 aliphatic carbocycles. The van der Waals surface area contributed by atoms with Crippen molar-refractivity contribution in [2.45, 2.75) is 173 Å². The Kier molecular flexibility index (Phi) is 20.2. The number of cyclic esters (lactones) is 1. The molecule has 448 valence electrons. The molecule has 1 aromatic heterocycles. The molecule has 83 heavy (non-hydrogen) atoms. The van der Waals surface area contributed by atoms with Crippen molar-refractivity contribution < 1.29 is 62.7 Å². The number of allylic oxidation sites excluding steroid dienone is 1. The Labute approximate surface area is 492 Å². The predicted molar refractivity (Wildman–Crippen MR) is 314 cm³/mol. The molecular weight excluding hydrogens is 1080 g/mol. The van der Waals surface area contributed by atoms with Crippen LogP contribution in [0.15, 0.2) is 90.6 Å². The number of pyridine rings is 1. The molecule has 0 unspecified atom stereocenters. The molecule has 1 amide bonds. The number of aryl methyl sites for hydroxylation is 1. The van der Waals surface area contributed by atoms with Gasteiger partial charge in [0, 0.05) is 70.8 Å². The number of nitrogens with zero attached hydrogens (tertiary/aromatic N) is 3. The van der Waals surface area contributed by atoms with Gasteiger partial charge in [0.2, 0.25) is 11.6 Å². The fourth-order valence-electron chi connectivity index (χ4n) is 13.6. The van der Waals surface area contributed by atoms with Gasteiger partial charge in [-0.15, -0.1) is 0 Å². The molecule has 3 aliphatic heterocycles. The summed E-state index contributed by atoms with van der Waals surface area (Å²) in [7, 11) is 5.23. The second kappa shape index (κ2) is 26.6. The van der Waals surface area contributed by atoms with Gasteiger partial charge in [-0.05, 0) is 147 Å². The Hall–Kier alpha value is -5.92. The number of hydrogen-bond acceptors (Lipinski definition) is 16. The quantitative estimate of drug-likeness (QED) is 0.0520. The Morgan fingerprint density at radius 3 is 2.14 bits per heavy atom. The van der Waals surface area contributed by atoms with Gasteiger partial charge < -0.3 is 38.8 Å². The number of nitrogens with one attached hydrogen (secondary N) is 1. The number of hydrogen-bond donors (Lipinski definition) is 3. The molecule has 18 heteroatoms. The lowest BCUT2D eigenvalue weighted by Gasteiger charge is -2.47. The third kappa shape index (κ3) is 13.2. The van der Waals surface area contributed by atoms with E-state index in [2.05, 4.69) is 22.5 Å². The van der Waals surface area contributed by atoms with E-state index in [1.165, 1.54) is 24.6 Å². The van der Waals surface area contributed by atoms with Gasteiger partial charge in [-0.1, -0.05) is 93.9 Å². The number of benzene rings is 3. The lowest BCUT2D eigenvalue weighted by atomic mass is 9.72. The first-order chi connectivity index (χ1) is 39.4. The first-order valence-electron chi connectivity index (χ1n) is 29.4. The summed E-state index contributed by atoms with van der Waals surface area (Å²) in [5.74, 6) is -5.79. The standard InChI is InChI=1S/C43H64N4O10.C22H19ClO3/c1-12-33-43(8)37(47(41(52)57-43)45-20-15-16-29-19-21-44-31-18-14-13-17-30(29)31)26(4)34(48)24(2)23-42(7,53-11)38(27(5)35(49)28(6)39(51)55-33)56-40-36(50)32(46(9)10)22-25(3)54-40;23-16-11-9-14(10-12-16)13-5-7-15(8-6-13)19-20(24)17-3-1-2-4-18(17)21(25)22(19)26/h13-14,17-19,21,24-28,32-33,36-38,40,45,50H,12,15-16,20,22-23H2,1-11H3;1-4,9-13,15,24H,5-8H2/t24-,25-,26+,27+,28-,32+,33-,36-,37-,38-,40+,42-,43-;/m1./s1. The number of esters is 1. The number of aliphatic hydroxyl groups excluding tert-OH is 2. The van der Waals surface area contributed by atoms with E-state index in [0.717, 1.165) is 47.2 Å². The highest BCUT2D eigenvalue weighted by atomic mass is 35.5. The van der Waals surface area contributed by atoms with E-state index in [9.17, 15) is 39.0 Å². The highest BCUT2D eigenvalue weighted by molar-refractivity contribution is 6.52. The lowest BCUT2D eigenvalue weighted by Crippen LogP contribution is -2.61. The van der Waals surface area contributed by atoms with Crippen LogP contribution in [0.5, 0.6) is 0 Å². The van der Waals surface area contributed by atoms with Crippen molar-refractivity contribution in [2.75, 3.05) is 27.7 Å². The van der Waals surface area contributed by atoms with Crippen LogP contribution in [0.2, 0.25) is 5.02 Å². The summed E-state index contributed by atoms with van der Waals surface area (Å²) in [6.45, 7) is 14.3. The molecule has 4 fully saturated rings. The highest BCUT2D eigenvalue weighted by Gasteiger charge is 2.61. The van der Waals surface area contributed by atoms with Gasteiger partial charge in [0.1, 0.15) is 35.7 Å². The van der Waals surface area contributed by atoms with Crippen LogP contribution in [0.4, 0.5) is 4.79 Å². The van der Waals surface area contributed by atoms with Gasteiger partial charge in [0.15, 0.2) is 17.7 Å². The molecule has 0 spiro atoms. The van der Waals surface area contributed by atoms with Crippen LogP contribution in [0.1, 0.15) is 140 Å². The zero-order valence-electron chi connectivity index (χ0n) is 49.8. The van der Waals surface area contributed by atoms with Crippen LogP contribution in [0.3, 0.4) is 0 Å². The summed E-state index contributed by atoms with van der Waals surface area (Å²) in [5, 5.41) is 25.3. The van der Waals surface area contributed by atoms with Crippen LogP contribution in [0.25, 0.3) is 16.7 Å². The Morgan fingerprint density at radius 2 is 1.48 bits per heavy atom. The number of ether oxygens (including phenoxy) is 5. The molecule has 13 atom stereocenters. The summed E-state index contributed by atoms with van der Waals surface area (Å²) in [6, 6.07) is 23.4. The third-order valence-corrected chi connectivity index (χ3v) is 18.6. The predicted octanol–water partition coefficient (Wildman–Crippen LogP) is 10.2. The smallest absolute Gasteiger partial charge is 0.425 e. The number of ketones is 4. The van der Waals surface area contributed by atoms with Crippen molar-refractivity contribution in [2.24, 2.45) is 29.6 Å². The number of carbonyl (C=O) groups excluding carboxylic acids is 6. The monoisotopic (exact) mass is 1160 g/mol. The SMILES string of the molecule is CC[C@H]1OC(=O)[C@H](C)C(=O)[C@H](C)[C@@H](O[C@@H]2O[C@H](C)C[C@H](N(C)C)[C@H]2O)[C@](C)(OC)C[C@@H](C)C(=O)[C@H](C)[C@H]2N(NCCCc3ccnc4ccccc34)C(=O)O[C@]12C.O=C1C(=O)c2ccccc2C(O)=C1C1CCC(c2ccc(Cl)cc2)CC1. The minimum atomic E-state index is -1.45. The summed E-state index contributed by atoms with van der Waals surface area (Å²) < 4.78 is 31.1. The van der Waals surface area contributed by atoms with E-state index in [1.807, 2.05) is 75.3 Å². The number of likely N-dealkylation sites (N-methyl/N-ethyl adjacent to an activating group) is 1. The third-order valence-electron chi connectivity index (χ3n) is 18.3. The molecule has 4 heterocycles. The Morgan fingerprint density at radius 1 is 0.831 bits per heavy atom. The highest BCUT2D eigenvalue weighted by Crippen LogP contribution is 2.45. The minimum Gasteiger partial charge on any atom is -0.507 e. The zero-order chi connectivity index (χ0) is 60.2. The Balaban J connectivity index is 0.000000285. The van der Waals surface area contributed by atoms with Crippen molar-refractivity contribution >= 4 is 63.5 Å². The molecule has 5 aliphatic rings. The average molecular weight is 1160 g/mol. The van der Waals surface area contributed by atoms with Crippen LogP contribution in [-0.2, 0) is 49.3 Å². The molecule has 0 radical (unpaired) electrons. The van der Waals surface area contributed by atoms with Crippen LogP contribution in [0, 0.1) is 29.6 Å². The molecule has 1 saturated carbocycles. The maximum absolute atomic E-state index is 14.7. The van der Waals surface area contributed by atoms with Gasteiger partial charge >= 0.3 is 12.1 Å². The molecule has 3 saturated heterocycles. The number of fused-ring (bicyclic) bond motifs is 3. The largest absolute Gasteiger partial charge is 0.507 e. The van der Waals surface area contributed by atoms with Gasteiger partial charge in [0.05, 0.1) is 23.3 Å². The molecule has 4 aromatic rings. The fourth-order valence-corrected chi connectivity index (χ4v) is 13.7. The topological polar surface area (TPSA) is 220 Å². The number of amides is 1. The number of aromatic nitrogens is 1. The second-order valence-electron chi connectivity index (χ2n) is 24.1. The van der Waals surface area contributed by atoms with E-state index in [-0.39, 0.29) is 42.4 Å². The molecular formula is C65H83ClN4O13. The van der Waals surface area contributed by atoms with Crippen molar-refractivity contribution in [1.82, 2.24) is 20.3 Å². The first kappa shape index (κ1) is 63.1. The molecule has 3 N–H and O–H groups in total. The van der Waals surface area contributed by atoms with Gasteiger partial charge in [-0.2, -0.15) is 0 Å². The molecule has 9 rings (SSSR count). The van der Waals surface area contributed by atoms with Crippen LogP contribution < -0.4 is 5.43 Å². The zero-order valence-corrected chi connectivity index (χ0v) is 50.5. The number of methoxy groups -OCH3 is 1. The van der Waals surface area contributed by atoms with Gasteiger partial charge in [-0.3, -0.25) is 29.0 Å². The average Bonchev–Trinajstić information content (AvgIpc) is 2.49. The maximum atomic E-state index is 14.7. The number of rotatable bonds is 12. The van der Waals surface area contributed by atoms with E-state index in [1.54, 1.807) is 65.1 Å². The van der Waals surface area contributed by atoms with Crippen molar-refractivity contribution in [1.29, 1.82) is 0 Å². The van der Waals surface area contributed by atoms with E-state index in [0.29, 0.717) is 48.4 Å². The van der Waals surface area contributed by atoms with Crippen LogP contribution in [-0.4, -0.2) is 142 Å². The van der Waals surface area contributed by atoms with E-state index >= 15 is 0 Å². The minimum absolute atomic E-state index is 0.0138. The van der Waals surface area contributed by atoms with Crippen molar-refractivity contribution in [3.8, 4) is 0 Å².